The standard InChI is InChI=1S/C15H17NO4S/c1-21(19,20)10-4-9-16-14-8-7-13(15(17)18)11-5-2-3-6-12(11)14/h2-3,5-8,16H,4,9-10H2,1H3,(H,17,18). The number of nitrogens with one attached hydrogen (secondary N) is 1. The lowest BCUT2D eigenvalue weighted by molar-refractivity contribution is 0.0699. The van der Waals surface area contributed by atoms with E-state index in [2.05, 4.69) is 5.32 Å². The van der Waals surface area contributed by atoms with Gasteiger partial charge in [0.15, 0.2) is 0 Å². The predicted octanol–water partition coefficient (Wildman–Crippen LogP) is 2.38. The molecule has 112 valence electrons. The molecule has 0 saturated carbocycles. The van der Waals surface area contributed by atoms with E-state index in [9.17, 15) is 18.3 Å². The van der Waals surface area contributed by atoms with Crippen LogP contribution in [0.25, 0.3) is 10.8 Å². The van der Waals surface area contributed by atoms with Crippen molar-refractivity contribution in [2.24, 2.45) is 0 Å². The van der Waals surface area contributed by atoms with Crippen molar-refractivity contribution in [2.45, 2.75) is 6.42 Å². The zero-order valence-electron chi connectivity index (χ0n) is 11.7. The van der Waals surface area contributed by atoms with E-state index in [4.69, 9.17) is 0 Å². The Morgan fingerprint density at radius 1 is 1.14 bits per heavy atom. The first kappa shape index (κ1) is 15.3. The van der Waals surface area contributed by atoms with Gasteiger partial charge in [0.1, 0.15) is 9.84 Å². The second-order valence-corrected chi connectivity index (χ2v) is 7.18. The van der Waals surface area contributed by atoms with Gasteiger partial charge < -0.3 is 10.4 Å². The first-order valence-electron chi connectivity index (χ1n) is 6.55. The van der Waals surface area contributed by atoms with Gasteiger partial charge in [-0.15, -0.1) is 0 Å². The van der Waals surface area contributed by atoms with Crippen molar-refractivity contribution >= 4 is 32.3 Å². The number of carboxylic acids is 1. The molecule has 0 bridgehead atoms. The number of rotatable bonds is 6. The Kier molecular flexibility index (Phi) is 4.47. The van der Waals surface area contributed by atoms with Crippen LogP contribution in [0.1, 0.15) is 16.8 Å². The average molecular weight is 307 g/mol. The summed E-state index contributed by atoms with van der Waals surface area (Å²) in [6.07, 6.45) is 1.72. The molecular weight excluding hydrogens is 290 g/mol. The molecule has 5 nitrogen and oxygen atoms in total. The minimum absolute atomic E-state index is 0.130. The summed E-state index contributed by atoms with van der Waals surface area (Å²) < 4.78 is 22.2. The molecule has 6 heteroatoms. The molecule has 0 radical (unpaired) electrons. The number of benzene rings is 2. The Hall–Kier alpha value is -2.08. The van der Waals surface area contributed by atoms with Gasteiger partial charge in [0.2, 0.25) is 0 Å². The number of anilines is 1. The van der Waals surface area contributed by atoms with Crippen molar-refractivity contribution in [3.8, 4) is 0 Å². The molecule has 0 spiro atoms. The Morgan fingerprint density at radius 2 is 1.81 bits per heavy atom. The van der Waals surface area contributed by atoms with Crippen molar-refractivity contribution in [3.63, 3.8) is 0 Å². The molecule has 0 aromatic heterocycles. The predicted molar refractivity (Wildman–Crippen MR) is 83.7 cm³/mol. The fourth-order valence-electron chi connectivity index (χ4n) is 2.20. The quantitative estimate of drug-likeness (QED) is 0.801. The Bertz CT molecular complexity index is 768. The molecule has 0 atom stereocenters. The number of fused-ring (bicyclic) bond motifs is 1. The van der Waals surface area contributed by atoms with Gasteiger partial charge in [-0.25, -0.2) is 13.2 Å². The van der Waals surface area contributed by atoms with Gasteiger partial charge in [0.05, 0.1) is 11.3 Å². The summed E-state index contributed by atoms with van der Waals surface area (Å²) >= 11 is 0. The molecule has 2 aromatic rings. The summed E-state index contributed by atoms with van der Waals surface area (Å²) in [6.45, 7) is 0.517. The first-order chi connectivity index (χ1) is 9.88. The second-order valence-electron chi connectivity index (χ2n) is 4.92. The summed E-state index contributed by atoms with van der Waals surface area (Å²) in [4.78, 5) is 11.2. The summed E-state index contributed by atoms with van der Waals surface area (Å²) in [6, 6.07) is 10.5. The first-order valence-corrected chi connectivity index (χ1v) is 8.61. The summed E-state index contributed by atoms with van der Waals surface area (Å²) in [5, 5.41) is 13.8. The molecule has 0 amide bonds. The number of sulfone groups is 1. The zero-order chi connectivity index (χ0) is 15.5. The van der Waals surface area contributed by atoms with Crippen molar-refractivity contribution in [2.75, 3.05) is 23.9 Å². The molecule has 0 saturated heterocycles. The third-order valence-electron chi connectivity index (χ3n) is 3.16. The number of aromatic carboxylic acids is 1. The van der Waals surface area contributed by atoms with Crippen LogP contribution in [0.3, 0.4) is 0 Å². The Morgan fingerprint density at radius 3 is 2.43 bits per heavy atom. The fourth-order valence-corrected chi connectivity index (χ4v) is 2.87. The van der Waals surface area contributed by atoms with E-state index in [1.54, 1.807) is 24.3 Å². The molecule has 0 unspecified atom stereocenters. The van der Waals surface area contributed by atoms with Crippen LogP contribution in [-0.2, 0) is 9.84 Å². The topological polar surface area (TPSA) is 83.5 Å². The molecule has 0 aliphatic carbocycles. The number of hydrogen-bond acceptors (Lipinski definition) is 4. The van der Waals surface area contributed by atoms with Gasteiger partial charge in [-0.2, -0.15) is 0 Å². The van der Waals surface area contributed by atoms with Crippen LogP contribution < -0.4 is 5.32 Å². The maximum atomic E-state index is 11.2. The van der Waals surface area contributed by atoms with E-state index in [1.807, 2.05) is 12.1 Å². The van der Waals surface area contributed by atoms with Crippen LogP contribution in [0, 0.1) is 0 Å². The van der Waals surface area contributed by atoms with Gasteiger partial charge in [-0.1, -0.05) is 24.3 Å². The van der Waals surface area contributed by atoms with E-state index < -0.39 is 15.8 Å². The van der Waals surface area contributed by atoms with Gasteiger partial charge in [-0.3, -0.25) is 0 Å². The van der Waals surface area contributed by atoms with Crippen LogP contribution in [0.2, 0.25) is 0 Å². The van der Waals surface area contributed by atoms with Crippen molar-refractivity contribution in [1.82, 2.24) is 0 Å². The fraction of sp³-hybridized carbons (Fsp3) is 0.267. The third-order valence-corrected chi connectivity index (χ3v) is 4.19. The highest BCUT2D eigenvalue weighted by atomic mass is 32.2. The van der Waals surface area contributed by atoms with Crippen molar-refractivity contribution < 1.29 is 18.3 Å². The van der Waals surface area contributed by atoms with Crippen LogP contribution in [0.4, 0.5) is 5.69 Å². The molecule has 0 fully saturated rings. The highest BCUT2D eigenvalue weighted by molar-refractivity contribution is 7.90. The van der Waals surface area contributed by atoms with Crippen LogP contribution in [-0.4, -0.2) is 38.0 Å². The lowest BCUT2D eigenvalue weighted by atomic mass is 10.0. The van der Waals surface area contributed by atoms with Gasteiger partial charge in [0.25, 0.3) is 0 Å². The van der Waals surface area contributed by atoms with Crippen molar-refractivity contribution in [3.05, 3.63) is 42.0 Å². The number of carbonyl (C=O) groups is 1. The van der Waals surface area contributed by atoms with Gasteiger partial charge in [0, 0.05) is 23.9 Å². The minimum Gasteiger partial charge on any atom is -0.478 e. The lowest BCUT2D eigenvalue weighted by Crippen LogP contribution is -2.10. The average Bonchev–Trinajstić information content (AvgIpc) is 2.42. The zero-order valence-corrected chi connectivity index (χ0v) is 12.5. The lowest BCUT2D eigenvalue weighted by Gasteiger charge is -2.11. The maximum Gasteiger partial charge on any atom is 0.336 e. The van der Waals surface area contributed by atoms with E-state index >= 15 is 0 Å². The number of hydrogen-bond donors (Lipinski definition) is 2. The van der Waals surface area contributed by atoms with Crippen LogP contribution >= 0.6 is 0 Å². The van der Waals surface area contributed by atoms with Crippen LogP contribution in [0.5, 0.6) is 0 Å². The second kappa shape index (κ2) is 6.13. The molecule has 0 aliphatic rings. The SMILES string of the molecule is CS(=O)(=O)CCCNc1ccc(C(=O)O)c2ccccc12. The smallest absolute Gasteiger partial charge is 0.336 e. The maximum absolute atomic E-state index is 11.2. The molecule has 2 N–H and O–H groups in total. The molecule has 0 aliphatic heterocycles. The summed E-state index contributed by atoms with van der Waals surface area (Å²) in [5.74, 6) is -0.833. The highest BCUT2D eigenvalue weighted by Gasteiger charge is 2.10. The Labute approximate surface area is 123 Å². The van der Waals surface area contributed by atoms with E-state index in [-0.39, 0.29) is 11.3 Å². The molecule has 2 rings (SSSR count). The normalized spacial score (nSPS) is 11.5. The van der Waals surface area contributed by atoms with Crippen molar-refractivity contribution in [1.29, 1.82) is 0 Å². The monoisotopic (exact) mass is 307 g/mol. The third kappa shape index (κ3) is 3.95. The largest absolute Gasteiger partial charge is 0.478 e. The summed E-state index contributed by atoms with van der Waals surface area (Å²) in [7, 11) is -2.96. The minimum atomic E-state index is -2.96. The van der Waals surface area contributed by atoms with E-state index in [1.165, 1.54) is 6.26 Å². The molecular formula is C15H17NO4S. The summed E-state index contributed by atoms with van der Waals surface area (Å²) in [5.41, 5.74) is 1.07. The van der Waals surface area contributed by atoms with Gasteiger partial charge >= 0.3 is 5.97 Å². The van der Waals surface area contributed by atoms with Gasteiger partial charge in [-0.05, 0) is 23.9 Å². The number of carboxylic acid groups (broad SMARTS) is 1. The Balaban J connectivity index is 2.22. The molecule has 21 heavy (non-hydrogen) atoms. The van der Waals surface area contributed by atoms with E-state index in [0.717, 1.165) is 11.1 Å². The molecule has 2 aromatic carbocycles. The highest BCUT2D eigenvalue weighted by Crippen LogP contribution is 2.26. The molecule has 0 heterocycles. The van der Waals surface area contributed by atoms with E-state index in [0.29, 0.717) is 18.4 Å². The van der Waals surface area contributed by atoms with Crippen LogP contribution in [0.15, 0.2) is 36.4 Å².